The summed E-state index contributed by atoms with van der Waals surface area (Å²) in [6.07, 6.45) is 6.37. The van der Waals surface area contributed by atoms with Crippen LogP contribution in [0.2, 0.25) is 0 Å². The van der Waals surface area contributed by atoms with Crippen LogP contribution >= 0.6 is 0 Å². The minimum absolute atomic E-state index is 0.0248. The van der Waals surface area contributed by atoms with E-state index in [0.717, 1.165) is 25.1 Å². The van der Waals surface area contributed by atoms with E-state index in [1.54, 1.807) is 12.5 Å². The number of fused-ring (bicyclic) bond motifs is 1. The minimum atomic E-state index is -0.0248. The third kappa shape index (κ3) is 3.98. The smallest absolute Gasteiger partial charge is 0.251 e. The molecule has 0 aliphatic carbocycles. The lowest BCUT2D eigenvalue weighted by atomic mass is 10.1. The summed E-state index contributed by atoms with van der Waals surface area (Å²) >= 11 is 0. The Bertz CT molecular complexity index is 1060. The van der Waals surface area contributed by atoms with Crippen molar-refractivity contribution in [1.82, 2.24) is 19.4 Å². The van der Waals surface area contributed by atoms with Crippen LogP contribution in [0.25, 0.3) is 10.9 Å². The maximum absolute atomic E-state index is 12.4. The number of carbonyl (C=O) groups is 1. The fourth-order valence-electron chi connectivity index (χ4n) is 3.54. The van der Waals surface area contributed by atoms with Gasteiger partial charge in [0.1, 0.15) is 0 Å². The van der Waals surface area contributed by atoms with Gasteiger partial charge in [-0.2, -0.15) is 0 Å². The molecule has 0 aliphatic rings. The number of aromatic nitrogens is 3. The van der Waals surface area contributed by atoms with Crippen molar-refractivity contribution in [2.75, 3.05) is 6.54 Å². The van der Waals surface area contributed by atoms with Crippen LogP contribution in [0, 0.1) is 6.92 Å². The molecule has 1 N–H and O–H groups in total. The molecule has 0 saturated carbocycles. The van der Waals surface area contributed by atoms with E-state index in [9.17, 15) is 4.79 Å². The van der Waals surface area contributed by atoms with Crippen LogP contribution in [-0.2, 0) is 13.1 Å². The van der Waals surface area contributed by atoms with Crippen LogP contribution in [0.4, 0.5) is 0 Å². The molecule has 0 fully saturated rings. The number of aryl methyl sites for hydroxylation is 2. The number of imidazole rings is 1. The van der Waals surface area contributed by atoms with Crippen molar-refractivity contribution in [2.45, 2.75) is 26.4 Å². The zero-order valence-corrected chi connectivity index (χ0v) is 16.0. The van der Waals surface area contributed by atoms with Gasteiger partial charge in [0.2, 0.25) is 0 Å². The van der Waals surface area contributed by atoms with E-state index in [2.05, 4.69) is 52.1 Å². The summed E-state index contributed by atoms with van der Waals surface area (Å²) in [5, 5.41) is 4.29. The van der Waals surface area contributed by atoms with Crippen LogP contribution in [0.15, 0.2) is 73.3 Å². The van der Waals surface area contributed by atoms with Gasteiger partial charge in [0, 0.05) is 48.8 Å². The van der Waals surface area contributed by atoms with E-state index in [0.29, 0.717) is 12.1 Å². The number of para-hydroxylation sites is 1. The summed E-state index contributed by atoms with van der Waals surface area (Å²) in [5.41, 5.74) is 4.34. The quantitative estimate of drug-likeness (QED) is 0.498. The molecule has 0 radical (unpaired) electrons. The molecule has 28 heavy (non-hydrogen) atoms. The van der Waals surface area contributed by atoms with Crippen molar-refractivity contribution in [3.8, 4) is 0 Å². The third-order valence-electron chi connectivity index (χ3n) is 5.00. The zero-order valence-electron chi connectivity index (χ0n) is 16.0. The van der Waals surface area contributed by atoms with Crippen LogP contribution in [-0.4, -0.2) is 26.6 Å². The summed E-state index contributed by atoms with van der Waals surface area (Å²) in [4.78, 5) is 16.4. The molecule has 4 rings (SSSR count). The molecule has 2 aromatic carbocycles. The molecule has 0 saturated heterocycles. The standard InChI is InChI=1S/C23H24N4O/c1-18-15-21-5-2-3-6-22(21)27(18)13-4-11-25-23(28)20-9-7-19(8-10-20)16-26-14-12-24-17-26/h2-3,5-10,12,14-15,17H,4,11,13,16H2,1H3,(H,25,28). The first kappa shape index (κ1) is 18.0. The second-order valence-corrected chi connectivity index (χ2v) is 7.04. The molecule has 4 aromatic rings. The van der Waals surface area contributed by atoms with Gasteiger partial charge in [-0.1, -0.05) is 30.3 Å². The first-order valence-electron chi connectivity index (χ1n) is 9.58. The van der Waals surface area contributed by atoms with E-state index >= 15 is 0 Å². The molecule has 0 bridgehead atoms. The zero-order chi connectivity index (χ0) is 19.3. The predicted molar refractivity (Wildman–Crippen MR) is 111 cm³/mol. The van der Waals surface area contributed by atoms with Gasteiger partial charge in [-0.25, -0.2) is 4.98 Å². The van der Waals surface area contributed by atoms with Gasteiger partial charge in [0.05, 0.1) is 6.33 Å². The molecule has 0 unspecified atom stereocenters. The average Bonchev–Trinajstić information content (AvgIpc) is 3.33. The first-order chi connectivity index (χ1) is 13.7. The van der Waals surface area contributed by atoms with Gasteiger partial charge in [-0.3, -0.25) is 4.79 Å². The summed E-state index contributed by atoms with van der Waals surface area (Å²) in [5.74, 6) is -0.0248. The Morgan fingerprint density at radius 3 is 2.71 bits per heavy atom. The Morgan fingerprint density at radius 1 is 1.11 bits per heavy atom. The van der Waals surface area contributed by atoms with Crippen molar-refractivity contribution in [3.63, 3.8) is 0 Å². The van der Waals surface area contributed by atoms with E-state index in [-0.39, 0.29) is 5.91 Å². The van der Waals surface area contributed by atoms with Crippen molar-refractivity contribution in [1.29, 1.82) is 0 Å². The highest BCUT2D eigenvalue weighted by atomic mass is 16.1. The van der Waals surface area contributed by atoms with Crippen LogP contribution in [0.1, 0.15) is 28.0 Å². The Balaban J connectivity index is 1.29. The van der Waals surface area contributed by atoms with Crippen LogP contribution < -0.4 is 5.32 Å². The number of hydrogen-bond acceptors (Lipinski definition) is 2. The average molecular weight is 372 g/mol. The predicted octanol–water partition coefficient (Wildman–Crippen LogP) is 4.01. The molecule has 1 amide bonds. The summed E-state index contributed by atoms with van der Waals surface area (Å²) in [7, 11) is 0. The first-order valence-corrected chi connectivity index (χ1v) is 9.58. The number of amides is 1. The van der Waals surface area contributed by atoms with Gasteiger partial charge >= 0.3 is 0 Å². The lowest BCUT2D eigenvalue weighted by Gasteiger charge is -2.10. The largest absolute Gasteiger partial charge is 0.352 e. The maximum atomic E-state index is 12.4. The SMILES string of the molecule is Cc1cc2ccccc2n1CCCNC(=O)c1ccc(Cn2ccnc2)cc1. The number of nitrogens with one attached hydrogen (secondary N) is 1. The number of nitrogens with zero attached hydrogens (tertiary/aromatic N) is 3. The molecule has 0 aliphatic heterocycles. The number of hydrogen-bond donors (Lipinski definition) is 1. The van der Waals surface area contributed by atoms with E-state index in [4.69, 9.17) is 0 Å². The molecule has 5 heteroatoms. The summed E-state index contributed by atoms with van der Waals surface area (Å²) < 4.78 is 4.31. The molecule has 0 spiro atoms. The van der Waals surface area contributed by atoms with Crippen molar-refractivity contribution < 1.29 is 4.79 Å². The van der Waals surface area contributed by atoms with Crippen molar-refractivity contribution >= 4 is 16.8 Å². The van der Waals surface area contributed by atoms with Gasteiger partial charge in [-0.15, -0.1) is 0 Å². The highest BCUT2D eigenvalue weighted by Gasteiger charge is 2.07. The van der Waals surface area contributed by atoms with Crippen LogP contribution in [0.5, 0.6) is 0 Å². The van der Waals surface area contributed by atoms with Gasteiger partial charge in [0.25, 0.3) is 5.91 Å². The molecule has 5 nitrogen and oxygen atoms in total. The highest BCUT2D eigenvalue weighted by molar-refractivity contribution is 5.94. The lowest BCUT2D eigenvalue weighted by Crippen LogP contribution is -2.25. The molecule has 142 valence electrons. The van der Waals surface area contributed by atoms with E-state index in [1.807, 2.05) is 35.0 Å². The molecular weight excluding hydrogens is 348 g/mol. The fourth-order valence-corrected chi connectivity index (χ4v) is 3.54. The van der Waals surface area contributed by atoms with Gasteiger partial charge in [0.15, 0.2) is 0 Å². The second kappa shape index (κ2) is 8.13. The Morgan fingerprint density at radius 2 is 1.93 bits per heavy atom. The summed E-state index contributed by atoms with van der Waals surface area (Å²) in [6, 6.07) is 18.4. The Hall–Kier alpha value is -3.34. The van der Waals surface area contributed by atoms with Gasteiger partial charge < -0.3 is 14.5 Å². The Labute approximate surface area is 164 Å². The maximum Gasteiger partial charge on any atom is 0.251 e. The van der Waals surface area contributed by atoms with Crippen LogP contribution in [0.3, 0.4) is 0 Å². The van der Waals surface area contributed by atoms with E-state index < -0.39 is 0 Å². The highest BCUT2D eigenvalue weighted by Crippen LogP contribution is 2.19. The Kier molecular flexibility index (Phi) is 5.24. The normalized spacial score (nSPS) is 11.0. The van der Waals surface area contributed by atoms with Crippen molar-refractivity contribution in [3.05, 3.63) is 90.1 Å². The summed E-state index contributed by atoms with van der Waals surface area (Å²) in [6.45, 7) is 4.43. The van der Waals surface area contributed by atoms with Crippen molar-refractivity contribution in [2.24, 2.45) is 0 Å². The topological polar surface area (TPSA) is 51.9 Å². The fraction of sp³-hybridized carbons (Fsp3) is 0.217. The van der Waals surface area contributed by atoms with E-state index in [1.165, 1.54) is 16.6 Å². The lowest BCUT2D eigenvalue weighted by molar-refractivity contribution is 0.0953. The number of rotatable bonds is 7. The second-order valence-electron chi connectivity index (χ2n) is 7.04. The van der Waals surface area contributed by atoms with Gasteiger partial charge in [-0.05, 0) is 48.6 Å². The minimum Gasteiger partial charge on any atom is -0.352 e. The number of benzene rings is 2. The molecular formula is C23H24N4O. The number of carbonyl (C=O) groups excluding carboxylic acids is 1. The molecule has 2 aromatic heterocycles. The molecule has 0 atom stereocenters. The third-order valence-corrected chi connectivity index (χ3v) is 5.00. The molecule has 2 heterocycles. The monoisotopic (exact) mass is 372 g/mol.